The first-order valence-electron chi connectivity index (χ1n) is 6.42. The van der Waals surface area contributed by atoms with Crippen molar-refractivity contribution in [1.82, 2.24) is 0 Å². The maximum atomic E-state index is 11.8. The van der Waals surface area contributed by atoms with Crippen molar-refractivity contribution in [2.24, 2.45) is 0 Å². The molecule has 1 aromatic carbocycles. The fourth-order valence-electron chi connectivity index (χ4n) is 2.14. The van der Waals surface area contributed by atoms with Crippen molar-refractivity contribution in [2.75, 3.05) is 5.75 Å². The molecule has 4 heteroatoms. The molecular formula is C14H20O3S. The second kappa shape index (κ2) is 5.02. The summed E-state index contributed by atoms with van der Waals surface area (Å²) in [5.41, 5.74) is 1.08. The van der Waals surface area contributed by atoms with Gasteiger partial charge >= 0.3 is 0 Å². The zero-order valence-corrected chi connectivity index (χ0v) is 11.9. The fraction of sp³-hybridized carbons (Fsp3) is 0.571. The summed E-state index contributed by atoms with van der Waals surface area (Å²) in [5, 5.41) is 0. The maximum Gasteiger partial charge on any atom is 0.178 e. The molecule has 3 unspecified atom stereocenters. The van der Waals surface area contributed by atoms with Gasteiger partial charge in [0.25, 0.3) is 0 Å². The predicted octanol–water partition coefficient (Wildman–Crippen LogP) is 2.76. The second-order valence-corrected chi connectivity index (χ2v) is 7.27. The third-order valence-corrected chi connectivity index (χ3v) is 5.32. The largest absolute Gasteiger partial charge is 0.370 e. The van der Waals surface area contributed by atoms with E-state index in [0.29, 0.717) is 23.0 Å². The first kappa shape index (κ1) is 13.6. The molecule has 2 rings (SSSR count). The van der Waals surface area contributed by atoms with E-state index in [1.54, 1.807) is 19.1 Å². The SMILES string of the molecule is CCS(=O)(=O)c1cccc(C(C)CC2OC2C)c1. The number of hydrogen-bond donors (Lipinski definition) is 0. The Balaban J connectivity index is 2.16. The van der Waals surface area contributed by atoms with Crippen LogP contribution >= 0.6 is 0 Å². The van der Waals surface area contributed by atoms with Gasteiger partial charge in [0.1, 0.15) is 0 Å². The number of epoxide rings is 1. The Labute approximate surface area is 109 Å². The summed E-state index contributed by atoms with van der Waals surface area (Å²) < 4.78 is 29.1. The number of sulfone groups is 1. The molecule has 1 heterocycles. The van der Waals surface area contributed by atoms with Gasteiger partial charge in [0.15, 0.2) is 9.84 Å². The van der Waals surface area contributed by atoms with Gasteiger partial charge in [0, 0.05) is 0 Å². The van der Waals surface area contributed by atoms with Crippen LogP contribution in [0.1, 0.15) is 38.7 Å². The van der Waals surface area contributed by atoms with Crippen LogP contribution in [0.5, 0.6) is 0 Å². The molecule has 0 aromatic heterocycles. The second-order valence-electron chi connectivity index (χ2n) is 4.99. The van der Waals surface area contributed by atoms with Gasteiger partial charge in [-0.1, -0.05) is 26.0 Å². The molecule has 0 aliphatic carbocycles. The molecule has 0 spiro atoms. The molecule has 18 heavy (non-hydrogen) atoms. The van der Waals surface area contributed by atoms with Crippen LogP contribution in [0.2, 0.25) is 0 Å². The average molecular weight is 268 g/mol. The highest BCUT2D eigenvalue weighted by molar-refractivity contribution is 7.91. The number of hydrogen-bond acceptors (Lipinski definition) is 3. The van der Waals surface area contributed by atoms with E-state index in [0.717, 1.165) is 12.0 Å². The van der Waals surface area contributed by atoms with Crippen LogP contribution in [-0.4, -0.2) is 26.4 Å². The van der Waals surface area contributed by atoms with E-state index >= 15 is 0 Å². The molecule has 1 saturated heterocycles. The van der Waals surface area contributed by atoms with E-state index < -0.39 is 9.84 Å². The molecule has 1 aromatic rings. The molecule has 100 valence electrons. The van der Waals surface area contributed by atoms with Crippen molar-refractivity contribution in [3.63, 3.8) is 0 Å². The van der Waals surface area contributed by atoms with Gasteiger partial charge in [-0.05, 0) is 37.0 Å². The van der Waals surface area contributed by atoms with Gasteiger partial charge in [-0.25, -0.2) is 8.42 Å². The van der Waals surface area contributed by atoms with Gasteiger partial charge in [0.05, 0.1) is 22.9 Å². The lowest BCUT2D eigenvalue weighted by atomic mass is 9.95. The summed E-state index contributed by atoms with van der Waals surface area (Å²) in [6.07, 6.45) is 1.65. The first-order chi connectivity index (χ1) is 8.44. The normalized spacial score (nSPS) is 24.8. The van der Waals surface area contributed by atoms with Crippen LogP contribution in [0, 0.1) is 0 Å². The molecule has 0 saturated carbocycles. The van der Waals surface area contributed by atoms with E-state index in [-0.39, 0.29) is 5.75 Å². The lowest BCUT2D eigenvalue weighted by molar-refractivity contribution is 0.362. The third kappa shape index (κ3) is 2.93. The Hall–Kier alpha value is -0.870. The van der Waals surface area contributed by atoms with Crippen LogP contribution in [0.15, 0.2) is 29.2 Å². The monoisotopic (exact) mass is 268 g/mol. The molecule has 0 bridgehead atoms. The van der Waals surface area contributed by atoms with E-state index in [1.807, 2.05) is 12.1 Å². The van der Waals surface area contributed by atoms with Crippen molar-refractivity contribution in [1.29, 1.82) is 0 Å². The van der Waals surface area contributed by atoms with E-state index in [1.165, 1.54) is 0 Å². The zero-order valence-electron chi connectivity index (χ0n) is 11.1. The van der Waals surface area contributed by atoms with Crippen LogP contribution in [-0.2, 0) is 14.6 Å². The minimum Gasteiger partial charge on any atom is -0.370 e. The molecule has 0 amide bonds. The zero-order chi connectivity index (χ0) is 13.3. The summed E-state index contributed by atoms with van der Waals surface area (Å²) in [5.74, 6) is 0.472. The smallest absolute Gasteiger partial charge is 0.178 e. The van der Waals surface area contributed by atoms with Gasteiger partial charge < -0.3 is 4.74 Å². The number of rotatable bonds is 5. The Morgan fingerprint density at radius 1 is 1.39 bits per heavy atom. The minimum atomic E-state index is -3.11. The summed E-state index contributed by atoms with van der Waals surface area (Å²) in [4.78, 5) is 0.430. The third-order valence-electron chi connectivity index (χ3n) is 3.59. The van der Waals surface area contributed by atoms with Gasteiger partial charge in [-0.3, -0.25) is 0 Å². The quantitative estimate of drug-likeness (QED) is 0.771. The Bertz CT molecular complexity index is 522. The molecule has 0 radical (unpaired) electrons. The summed E-state index contributed by atoms with van der Waals surface area (Å²) in [6.45, 7) is 5.85. The molecule has 1 aliphatic rings. The van der Waals surface area contributed by atoms with Crippen LogP contribution in [0.25, 0.3) is 0 Å². The van der Waals surface area contributed by atoms with E-state index in [9.17, 15) is 8.42 Å². The number of ether oxygens (including phenoxy) is 1. The molecule has 3 nitrogen and oxygen atoms in total. The van der Waals surface area contributed by atoms with Crippen molar-refractivity contribution in [2.45, 2.75) is 50.2 Å². The lowest BCUT2D eigenvalue weighted by Crippen LogP contribution is -2.06. The van der Waals surface area contributed by atoms with E-state index in [4.69, 9.17) is 4.74 Å². The fourth-order valence-corrected chi connectivity index (χ4v) is 3.08. The molecule has 0 N–H and O–H groups in total. The molecule has 3 atom stereocenters. The predicted molar refractivity (Wildman–Crippen MR) is 71.5 cm³/mol. The Morgan fingerprint density at radius 3 is 2.61 bits per heavy atom. The summed E-state index contributed by atoms with van der Waals surface area (Å²) in [7, 11) is -3.11. The van der Waals surface area contributed by atoms with Crippen molar-refractivity contribution < 1.29 is 13.2 Å². The highest BCUT2D eigenvalue weighted by atomic mass is 32.2. The Kier molecular flexibility index (Phi) is 3.78. The van der Waals surface area contributed by atoms with Crippen LogP contribution in [0.3, 0.4) is 0 Å². The Morgan fingerprint density at radius 2 is 2.06 bits per heavy atom. The van der Waals surface area contributed by atoms with E-state index in [2.05, 4.69) is 13.8 Å². The van der Waals surface area contributed by atoms with Gasteiger partial charge in [-0.2, -0.15) is 0 Å². The minimum absolute atomic E-state index is 0.146. The van der Waals surface area contributed by atoms with Gasteiger partial charge in [0.2, 0.25) is 0 Å². The molecule has 1 fully saturated rings. The summed E-state index contributed by atoms with van der Waals surface area (Å²) in [6, 6.07) is 7.29. The highest BCUT2D eigenvalue weighted by Gasteiger charge is 2.35. The first-order valence-corrected chi connectivity index (χ1v) is 8.07. The van der Waals surface area contributed by atoms with Crippen molar-refractivity contribution in [3.8, 4) is 0 Å². The lowest BCUT2D eigenvalue weighted by Gasteiger charge is -2.12. The standard InChI is InChI=1S/C14H20O3S/c1-4-18(15,16)13-7-5-6-12(9-13)10(2)8-14-11(3)17-14/h5-7,9-11,14H,4,8H2,1-3H3. The topological polar surface area (TPSA) is 46.7 Å². The number of benzene rings is 1. The van der Waals surface area contributed by atoms with Crippen LogP contribution < -0.4 is 0 Å². The van der Waals surface area contributed by atoms with Crippen molar-refractivity contribution in [3.05, 3.63) is 29.8 Å². The average Bonchev–Trinajstić information content (AvgIpc) is 3.05. The van der Waals surface area contributed by atoms with Crippen molar-refractivity contribution >= 4 is 9.84 Å². The van der Waals surface area contributed by atoms with Crippen LogP contribution in [0.4, 0.5) is 0 Å². The molecule has 1 aliphatic heterocycles. The summed E-state index contributed by atoms with van der Waals surface area (Å²) >= 11 is 0. The van der Waals surface area contributed by atoms with Gasteiger partial charge in [-0.15, -0.1) is 0 Å². The highest BCUT2D eigenvalue weighted by Crippen LogP contribution is 2.32. The maximum absolute atomic E-state index is 11.8. The molecular weight excluding hydrogens is 248 g/mol.